The van der Waals surface area contributed by atoms with Gasteiger partial charge >= 0.3 is 0 Å². The average Bonchev–Trinajstić information content (AvgIpc) is 2.41. The van der Waals surface area contributed by atoms with Gasteiger partial charge in [-0.2, -0.15) is 0 Å². The maximum absolute atomic E-state index is 10.6. The van der Waals surface area contributed by atoms with Crippen LogP contribution in [0.3, 0.4) is 0 Å². The van der Waals surface area contributed by atoms with Crippen LogP contribution in [0.4, 0.5) is 0 Å². The molecule has 0 saturated carbocycles. The molecule has 0 spiro atoms. The number of pyridine rings is 1. The summed E-state index contributed by atoms with van der Waals surface area (Å²) in [6.45, 7) is 0.135. The van der Waals surface area contributed by atoms with E-state index in [4.69, 9.17) is 4.74 Å². The highest BCUT2D eigenvalue weighted by Gasteiger charge is 2.10. The first-order valence-corrected chi connectivity index (χ1v) is 5.24. The van der Waals surface area contributed by atoms with Crippen molar-refractivity contribution in [2.75, 3.05) is 0 Å². The van der Waals surface area contributed by atoms with Crippen LogP contribution in [-0.4, -0.2) is 21.5 Å². The molecule has 92 valence electrons. The molecule has 2 rings (SSSR count). The van der Waals surface area contributed by atoms with Crippen LogP contribution in [0.2, 0.25) is 0 Å². The molecule has 5 heteroatoms. The maximum atomic E-state index is 10.6. The third kappa shape index (κ3) is 2.57. The minimum atomic E-state index is -0.393. The lowest BCUT2D eigenvalue weighted by Gasteiger charge is -2.09. The number of benzene rings is 1. The lowest BCUT2D eigenvalue weighted by molar-refractivity contribution is 0.112. The molecule has 0 aliphatic carbocycles. The molecule has 2 aromatic rings. The third-order valence-electron chi connectivity index (χ3n) is 2.31. The normalized spacial score (nSPS) is 10.0. The van der Waals surface area contributed by atoms with Crippen LogP contribution in [0.5, 0.6) is 17.2 Å². The van der Waals surface area contributed by atoms with Gasteiger partial charge in [0.2, 0.25) is 5.75 Å². The number of hydrogen-bond acceptors (Lipinski definition) is 5. The summed E-state index contributed by atoms with van der Waals surface area (Å²) in [7, 11) is 0. The van der Waals surface area contributed by atoms with Gasteiger partial charge in [0, 0.05) is 11.8 Å². The number of carbonyl (C=O) groups is 1. The predicted octanol–water partition coefficient (Wildman–Crippen LogP) is 1.88. The number of ether oxygens (including phenoxy) is 1. The summed E-state index contributed by atoms with van der Waals surface area (Å²) >= 11 is 0. The number of nitrogens with zero attached hydrogens (tertiary/aromatic N) is 1. The topological polar surface area (TPSA) is 79.7 Å². The summed E-state index contributed by atoms with van der Waals surface area (Å²) in [4.78, 5) is 14.7. The van der Waals surface area contributed by atoms with Crippen molar-refractivity contribution < 1.29 is 19.7 Å². The molecule has 0 atom stereocenters. The van der Waals surface area contributed by atoms with Crippen molar-refractivity contribution in [3.8, 4) is 17.2 Å². The van der Waals surface area contributed by atoms with E-state index >= 15 is 0 Å². The van der Waals surface area contributed by atoms with E-state index in [2.05, 4.69) is 4.98 Å². The van der Waals surface area contributed by atoms with Gasteiger partial charge < -0.3 is 14.9 Å². The summed E-state index contributed by atoms with van der Waals surface area (Å²) in [6.07, 6.45) is 2.19. The Morgan fingerprint density at radius 2 is 2.11 bits per heavy atom. The monoisotopic (exact) mass is 245 g/mol. The highest BCUT2D eigenvalue weighted by Crippen LogP contribution is 2.36. The van der Waals surface area contributed by atoms with E-state index in [-0.39, 0.29) is 17.9 Å². The maximum Gasteiger partial charge on any atom is 0.200 e. The second-order valence-electron chi connectivity index (χ2n) is 3.61. The van der Waals surface area contributed by atoms with E-state index in [0.717, 1.165) is 6.07 Å². The van der Waals surface area contributed by atoms with Crippen LogP contribution < -0.4 is 4.74 Å². The molecular formula is C13H11NO4. The molecule has 1 aromatic carbocycles. The smallest absolute Gasteiger partial charge is 0.200 e. The zero-order valence-corrected chi connectivity index (χ0v) is 9.41. The van der Waals surface area contributed by atoms with Crippen molar-refractivity contribution >= 4 is 6.29 Å². The van der Waals surface area contributed by atoms with Crippen molar-refractivity contribution in [3.05, 3.63) is 47.8 Å². The van der Waals surface area contributed by atoms with Crippen molar-refractivity contribution in [3.63, 3.8) is 0 Å². The average molecular weight is 245 g/mol. The first-order valence-electron chi connectivity index (χ1n) is 5.24. The SMILES string of the molecule is O=Cc1cc(O)c(O)c(OCc2ccccn2)c1. The zero-order valence-electron chi connectivity index (χ0n) is 9.41. The standard InChI is InChI=1S/C13H11NO4/c15-7-9-5-11(16)13(17)12(6-9)18-8-10-3-1-2-4-14-10/h1-7,16-17H,8H2. The molecule has 0 bridgehead atoms. The Morgan fingerprint density at radius 3 is 2.78 bits per heavy atom. The molecular weight excluding hydrogens is 234 g/mol. The number of phenols is 2. The van der Waals surface area contributed by atoms with E-state index in [1.54, 1.807) is 18.3 Å². The Bertz CT molecular complexity index is 554. The molecule has 1 aromatic heterocycles. The first-order chi connectivity index (χ1) is 8.70. The highest BCUT2D eigenvalue weighted by molar-refractivity contribution is 5.78. The minimum Gasteiger partial charge on any atom is -0.504 e. The Kier molecular flexibility index (Phi) is 3.43. The van der Waals surface area contributed by atoms with Gasteiger partial charge in [-0.25, -0.2) is 0 Å². The Hall–Kier alpha value is -2.56. The minimum absolute atomic E-state index is 0.0442. The van der Waals surface area contributed by atoms with Crippen LogP contribution in [0.25, 0.3) is 0 Å². The van der Waals surface area contributed by atoms with Crippen LogP contribution in [0, 0.1) is 0 Å². The first kappa shape index (κ1) is 11.9. The second kappa shape index (κ2) is 5.18. The second-order valence-corrected chi connectivity index (χ2v) is 3.61. The largest absolute Gasteiger partial charge is 0.504 e. The van der Waals surface area contributed by atoms with Crippen LogP contribution >= 0.6 is 0 Å². The fraction of sp³-hybridized carbons (Fsp3) is 0.0769. The number of aldehydes is 1. The van der Waals surface area contributed by atoms with Crippen molar-refractivity contribution in [2.45, 2.75) is 6.61 Å². The molecule has 0 radical (unpaired) electrons. The highest BCUT2D eigenvalue weighted by atomic mass is 16.5. The molecule has 18 heavy (non-hydrogen) atoms. The van der Waals surface area contributed by atoms with Gasteiger partial charge in [0.25, 0.3) is 0 Å². The molecule has 2 N–H and O–H groups in total. The number of carbonyl (C=O) groups excluding carboxylic acids is 1. The molecule has 5 nitrogen and oxygen atoms in total. The summed E-state index contributed by atoms with van der Waals surface area (Å²) in [5, 5.41) is 19.0. The van der Waals surface area contributed by atoms with Gasteiger partial charge in [-0.15, -0.1) is 0 Å². The number of phenolic OH excluding ortho intramolecular Hbond substituents is 2. The van der Waals surface area contributed by atoms with Gasteiger partial charge in [-0.3, -0.25) is 9.78 Å². The molecule has 0 saturated heterocycles. The van der Waals surface area contributed by atoms with E-state index in [9.17, 15) is 15.0 Å². The zero-order chi connectivity index (χ0) is 13.0. The summed E-state index contributed by atoms with van der Waals surface area (Å²) in [5.41, 5.74) is 0.897. The van der Waals surface area contributed by atoms with Crippen molar-refractivity contribution in [1.29, 1.82) is 0 Å². The molecule has 0 unspecified atom stereocenters. The third-order valence-corrected chi connectivity index (χ3v) is 2.31. The fourth-order valence-electron chi connectivity index (χ4n) is 1.43. The van der Waals surface area contributed by atoms with Crippen LogP contribution in [0.1, 0.15) is 16.1 Å². The van der Waals surface area contributed by atoms with E-state index in [1.165, 1.54) is 6.07 Å². The summed E-state index contributed by atoms with van der Waals surface area (Å²) in [5.74, 6) is -0.741. The number of rotatable bonds is 4. The Labute approximate surface area is 103 Å². The van der Waals surface area contributed by atoms with Crippen molar-refractivity contribution in [1.82, 2.24) is 4.98 Å². The van der Waals surface area contributed by atoms with Gasteiger partial charge in [0.1, 0.15) is 12.9 Å². The van der Waals surface area contributed by atoms with Crippen LogP contribution in [-0.2, 0) is 6.61 Å². The Balaban J connectivity index is 2.19. The predicted molar refractivity (Wildman–Crippen MR) is 63.7 cm³/mol. The molecule has 1 heterocycles. The number of hydrogen-bond donors (Lipinski definition) is 2. The molecule has 0 fully saturated rings. The van der Waals surface area contributed by atoms with E-state index in [1.807, 2.05) is 6.07 Å². The van der Waals surface area contributed by atoms with Gasteiger partial charge in [-0.1, -0.05) is 6.07 Å². The van der Waals surface area contributed by atoms with Crippen molar-refractivity contribution in [2.24, 2.45) is 0 Å². The molecule has 0 amide bonds. The lowest BCUT2D eigenvalue weighted by Crippen LogP contribution is -1.98. The molecule has 0 aliphatic heterocycles. The van der Waals surface area contributed by atoms with Gasteiger partial charge in [-0.05, 0) is 24.3 Å². The summed E-state index contributed by atoms with van der Waals surface area (Å²) < 4.78 is 5.31. The number of aromatic hydroxyl groups is 2. The number of aromatic nitrogens is 1. The summed E-state index contributed by atoms with van der Waals surface area (Å²) in [6, 6.07) is 7.87. The van der Waals surface area contributed by atoms with Crippen LogP contribution in [0.15, 0.2) is 36.5 Å². The lowest BCUT2D eigenvalue weighted by atomic mass is 10.2. The fourth-order valence-corrected chi connectivity index (χ4v) is 1.43. The van der Waals surface area contributed by atoms with Gasteiger partial charge in [0.05, 0.1) is 5.69 Å². The van der Waals surface area contributed by atoms with E-state index < -0.39 is 11.5 Å². The quantitative estimate of drug-likeness (QED) is 0.635. The molecule has 0 aliphatic rings. The van der Waals surface area contributed by atoms with Gasteiger partial charge in [0.15, 0.2) is 11.5 Å². The Morgan fingerprint density at radius 1 is 1.28 bits per heavy atom. The van der Waals surface area contributed by atoms with E-state index in [0.29, 0.717) is 12.0 Å².